The Labute approximate surface area is 77.6 Å². The molecule has 0 aromatic heterocycles. The Hall–Kier alpha value is 0.110. The maximum atomic E-state index is 11.6. The number of nitrogens with one attached hydrogen (secondary N) is 1. The van der Waals surface area contributed by atoms with E-state index in [2.05, 4.69) is 12.2 Å². The molecule has 0 heterocycles. The van der Waals surface area contributed by atoms with E-state index in [0.29, 0.717) is 5.25 Å². The first kappa shape index (κ1) is 10.2. The van der Waals surface area contributed by atoms with Crippen LogP contribution in [0, 0.1) is 0 Å². The largest absolute Gasteiger partial charge is 0.316 e. The van der Waals surface area contributed by atoms with Crippen molar-refractivity contribution in [3.8, 4) is 0 Å². The number of hydrogen-bond acceptors (Lipinski definition) is 2. The predicted octanol–water partition coefficient (Wildman–Crippen LogP) is 1.29. The summed E-state index contributed by atoms with van der Waals surface area (Å²) in [6, 6.07) is 0. The second-order valence-electron chi connectivity index (χ2n) is 3.34. The van der Waals surface area contributed by atoms with Crippen LogP contribution in [0.15, 0.2) is 0 Å². The molecule has 2 nitrogen and oxygen atoms in total. The van der Waals surface area contributed by atoms with Crippen LogP contribution in [0.4, 0.5) is 0 Å². The van der Waals surface area contributed by atoms with Gasteiger partial charge in [-0.25, -0.2) is 0 Å². The fourth-order valence-corrected chi connectivity index (χ4v) is 3.21. The zero-order chi connectivity index (χ0) is 8.81. The Morgan fingerprint density at radius 3 is 2.67 bits per heavy atom. The minimum Gasteiger partial charge on any atom is -0.316 e. The van der Waals surface area contributed by atoms with Gasteiger partial charge in [0.1, 0.15) is 0 Å². The van der Waals surface area contributed by atoms with E-state index in [0.717, 1.165) is 18.8 Å². The first-order valence-corrected chi connectivity index (χ1v) is 6.30. The fraction of sp³-hybridized carbons (Fsp3) is 1.00. The van der Waals surface area contributed by atoms with Gasteiger partial charge >= 0.3 is 0 Å². The van der Waals surface area contributed by atoms with Crippen molar-refractivity contribution in [2.45, 2.75) is 37.9 Å². The van der Waals surface area contributed by atoms with Crippen molar-refractivity contribution in [3.63, 3.8) is 0 Å². The summed E-state index contributed by atoms with van der Waals surface area (Å²) in [5, 5.41) is 3.73. The van der Waals surface area contributed by atoms with Gasteiger partial charge < -0.3 is 5.32 Å². The van der Waals surface area contributed by atoms with Crippen LogP contribution in [0.2, 0.25) is 0 Å². The second-order valence-corrected chi connectivity index (χ2v) is 5.18. The highest BCUT2D eigenvalue weighted by atomic mass is 32.2. The Morgan fingerprint density at radius 2 is 2.08 bits per heavy atom. The monoisotopic (exact) mass is 189 g/mol. The van der Waals surface area contributed by atoms with Crippen LogP contribution in [-0.4, -0.2) is 28.3 Å². The Bertz CT molecular complexity index is 143. The number of hydrogen-bond donors (Lipinski definition) is 1. The molecule has 1 aliphatic rings. The van der Waals surface area contributed by atoms with Crippen LogP contribution >= 0.6 is 0 Å². The zero-order valence-corrected chi connectivity index (χ0v) is 8.66. The fourth-order valence-electron chi connectivity index (χ4n) is 1.67. The molecule has 12 heavy (non-hydrogen) atoms. The van der Waals surface area contributed by atoms with Gasteiger partial charge in [0.15, 0.2) is 0 Å². The van der Waals surface area contributed by atoms with E-state index >= 15 is 0 Å². The maximum Gasteiger partial charge on any atom is 0.0362 e. The molecule has 0 radical (unpaired) electrons. The van der Waals surface area contributed by atoms with E-state index in [9.17, 15) is 4.21 Å². The van der Waals surface area contributed by atoms with Crippen LogP contribution in [0.25, 0.3) is 0 Å². The van der Waals surface area contributed by atoms with Gasteiger partial charge in [-0.05, 0) is 19.4 Å². The molecule has 0 aromatic carbocycles. The van der Waals surface area contributed by atoms with E-state index < -0.39 is 10.8 Å². The molecule has 0 spiro atoms. The van der Waals surface area contributed by atoms with Crippen LogP contribution in [0.5, 0.6) is 0 Å². The standard InChI is InChI=1S/C9H19NOS/c1-2-10-7-8-12(11)9-5-3-4-6-9/h9-10H,2-8H2,1H3. The molecule has 0 saturated heterocycles. The van der Waals surface area contributed by atoms with Crippen molar-refractivity contribution in [2.24, 2.45) is 0 Å². The maximum absolute atomic E-state index is 11.6. The number of rotatable bonds is 5. The van der Waals surface area contributed by atoms with Gasteiger partial charge in [0.25, 0.3) is 0 Å². The smallest absolute Gasteiger partial charge is 0.0362 e. The van der Waals surface area contributed by atoms with E-state index in [4.69, 9.17) is 0 Å². The summed E-state index contributed by atoms with van der Waals surface area (Å²) in [4.78, 5) is 0. The molecule has 72 valence electrons. The van der Waals surface area contributed by atoms with Crippen LogP contribution in [0.1, 0.15) is 32.6 Å². The molecule has 0 bridgehead atoms. The van der Waals surface area contributed by atoms with E-state index in [1.807, 2.05) is 0 Å². The Morgan fingerprint density at radius 1 is 1.42 bits per heavy atom. The normalized spacial score (nSPS) is 21.4. The van der Waals surface area contributed by atoms with E-state index in [1.54, 1.807) is 0 Å². The molecular formula is C9H19NOS. The van der Waals surface area contributed by atoms with Crippen molar-refractivity contribution in [3.05, 3.63) is 0 Å². The summed E-state index contributed by atoms with van der Waals surface area (Å²) in [7, 11) is -0.559. The first-order chi connectivity index (χ1) is 5.84. The average molecular weight is 189 g/mol. The molecule has 0 aliphatic heterocycles. The highest BCUT2D eigenvalue weighted by Crippen LogP contribution is 2.22. The summed E-state index contributed by atoms with van der Waals surface area (Å²) in [5.74, 6) is 0.846. The Kier molecular flexibility index (Phi) is 4.84. The highest BCUT2D eigenvalue weighted by Gasteiger charge is 2.20. The minimum atomic E-state index is -0.559. The molecule has 3 heteroatoms. The molecule has 1 fully saturated rings. The predicted molar refractivity (Wildman–Crippen MR) is 53.8 cm³/mol. The SMILES string of the molecule is CCNCCS(=O)C1CCCC1. The van der Waals surface area contributed by atoms with Gasteiger partial charge in [-0.2, -0.15) is 0 Å². The third-order valence-electron chi connectivity index (χ3n) is 2.40. The van der Waals surface area contributed by atoms with Crippen molar-refractivity contribution < 1.29 is 4.21 Å². The lowest BCUT2D eigenvalue weighted by molar-refractivity contribution is 0.663. The lowest BCUT2D eigenvalue weighted by Crippen LogP contribution is -2.24. The van der Waals surface area contributed by atoms with Gasteiger partial charge in [0.05, 0.1) is 0 Å². The third kappa shape index (κ3) is 3.23. The van der Waals surface area contributed by atoms with Gasteiger partial charge in [-0.15, -0.1) is 0 Å². The van der Waals surface area contributed by atoms with Gasteiger partial charge in [-0.3, -0.25) is 4.21 Å². The van der Waals surface area contributed by atoms with Crippen molar-refractivity contribution in [2.75, 3.05) is 18.8 Å². The van der Waals surface area contributed by atoms with E-state index in [1.165, 1.54) is 25.7 Å². The van der Waals surface area contributed by atoms with E-state index in [-0.39, 0.29) is 0 Å². The lowest BCUT2D eigenvalue weighted by atomic mass is 10.4. The molecule has 0 aromatic rings. The molecule has 0 amide bonds. The topological polar surface area (TPSA) is 29.1 Å². The van der Waals surface area contributed by atoms with Crippen molar-refractivity contribution >= 4 is 10.8 Å². The summed E-state index contributed by atoms with van der Waals surface area (Å²) < 4.78 is 11.6. The quantitative estimate of drug-likeness (QED) is 0.660. The van der Waals surface area contributed by atoms with Gasteiger partial charge in [-0.1, -0.05) is 19.8 Å². The average Bonchev–Trinajstić information content (AvgIpc) is 2.56. The van der Waals surface area contributed by atoms with Crippen LogP contribution in [-0.2, 0) is 10.8 Å². The highest BCUT2D eigenvalue weighted by molar-refractivity contribution is 7.85. The van der Waals surface area contributed by atoms with Gasteiger partial charge in [0.2, 0.25) is 0 Å². The molecule has 1 aliphatic carbocycles. The minimum absolute atomic E-state index is 0.517. The van der Waals surface area contributed by atoms with Crippen LogP contribution < -0.4 is 5.32 Å². The Balaban J connectivity index is 2.10. The molecule has 1 atom stereocenters. The molecule has 1 unspecified atom stereocenters. The van der Waals surface area contributed by atoms with Crippen LogP contribution in [0.3, 0.4) is 0 Å². The zero-order valence-electron chi connectivity index (χ0n) is 7.84. The molecule has 1 rings (SSSR count). The summed E-state index contributed by atoms with van der Waals surface area (Å²) in [5.41, 5.74) is 0. The van der Waals surface area contributed by atoms with Gasteiger partial charge in [0, 0.05) is 28.3 Å². The summed E-state index contributed by atoms with van der Waals surface area (Å²) >= 11 is 0. The van der Waals surface area contributed by atoms with Crippen molar-refractivity contribution in [1.29, 1.82) is 0 Å². The second kappa shape index (κ2) is 5.70. The molecule has 1 N–H and O–H groups in total. The first-order valence-electron chi connectivity index (χ1n) is 4.92. The summed E-state index contributed by atoms with van der Waals surface area (Å²) in [6.45, 7) is 3.99. The van der Waals surface area contributed by atoms with Crippen molar-refractivity contribution in [1.82, 2.24) is 5.32 Å². The summed E-state index contributed by atoms with van der Waals surface area (Å²) in [6.07, 6.45) is 4.96. The molecule has 1 saturated carbocycles. The lowest BCUT2D eigenvalue weighted by Gasteiger charge is -2.08. The third-order valence-corrected chi connectivity index (χ3v) is 4.23. The molecular weight excluding hydrogens is 170 g/mol.